The number of rotatable bonds is 2. The van der Waals surface area contributed by atoms with Crippen LogP contribution in [-0.4, -0.2) is 9.97 Å². The Labute approximate surface area is 108 Å². The minimum Gasteiger partial charge on any atom is -0.452 e. The monoisotopic (exact) mass is 255 g/mol. The van der Waals surface area contributed by atoms with Crippen molar-refractivity contribution >= 4 is 16.7 Å². The lowest BCUT2D eigenvalue weighted by Gasteiger charge is -2.08. The van der Waals surface area contributed by atoms with E-state index in [0.717, 1.165) is 0 Å². The van der Waals surface area contributed by atoms with Crippen LogP contribution >= 0.6 is 0 Å². The molecule has 0 saturated heterocycles. The number of hydrogen-bond acceptors (Lipinski definition) is 4. The molecule has 4 nitrogen and oxygen atoms in total. The maximum absolute atomic E-state index is 13.7. The summed E-state index contributed by atoms with van der Waals surface area (Å²) in [5.41, 5.74) is 7.12. The lowest BCUT2D eigenvalue weighted by atomic mass is 10.3. The van der Waals surface area contributed by atoms with E-state index >= 15 is 0 Å². The van der Waals surface area contributed by atoms with Gasteiger partial charge >= 0.3 is 0 Å². The molecule has 0 saturated carbocycles. The molecule has 0 aliphatic carbocycles. The number of benzene rings is 1. The van der Waals surface area contributed by atoms with Gasteiger partial charge in [0, 0.05) is 30.2 Å². The predicted octanol–water partition coefficient (Wildman–Crippen LogP) is 3.14. The molecule has 5 heteroatoms. The molecule has 0 radical (unpaired) electrons. The summed E-state index contributed by atoms with van der Waals surface area (Å²) in [4.78, 5) is 8.35. The van der Waals surface area contributed by atoms with Crippen molar-refractivity contribution in [1.29, 1.82) is 0 Å². The number of anilines is 1. The maximum Gasteiger partial charge on any atom is 0.167 e. The minimum atomic E-state index is -0.513. The first-order valence-electron chi connectivity index (χ1n) is 5.66. The summed E-state index contributed by atoms with van der Waals surface area (Å²) in [6, 6.07) is 9.52. The third-order valence-electron chi connectivity index (χ3n) is 2.64. The molecule has 1 aromatic carbocycles. The zero-order valence-corrected chi connectivity index (χ0v) is 9.88. The first-order chi connectivity index (χ1) is 9.24. The highest BCUT2D eigenvalue weighted by atomic mass is 19.1. The fourth-order valence-electron chi connectivity index (χ4n) is 1.76. The highest BCUT2D eigenvalue weighted by Crippen LogP contribution is 2.29. The Morgan fingerprint density at radius 1 is 1.00 bits per heavy atom. The topological polar surface area (TPSA) is 61.0 Å². The van der Waals surface area contributed by atoms with E-state index in [4.69, 9.17) is 10.5 Å². The van der Waals surface area contributed by atoms with Gasteiger partial charge in [0.1, 0.15) is 5.52 Å². The minimum absolute atomic E-state index is 0.104. The second-order valence-electron chi connectivity index (χ2n) is 3.97. The largest absolute Gasteiger partial charge is 0.452 e. The van der Waals surface area contributed by atoms with Crippen molar-refractivity contribution in [2.24, 2.45) is 0 Å². The van der Waals surface area contributed by atoms with Crippen LogP contribution in [0.15, 0.2) is 48.8 Å². The van der Waals surface area contributed by atoms with E-state index in [1.165, 1.54) is 12.1 Å². The van der Waals surface area contributed by atoms with Gasteiger partial charge in [-0.1, -0.05) is 0 Å². The van der Waals surface area contributed by atoms with Crippen LogP contribution in [0.5, 0.6) is 11.5 Å². The highest BCUT2D eigenvalue weighted by Gasteiger charge is 2.09. The molecule has 2 N–H and O–H groups in total. The summed E-state index contributed by atoms with van der Waals surface area (Å²) >= 11 is 0. The molecule has 3 rings (SSSR count). The quantitative estimate of drug-likeness (QED) is 0.714. The Morgan fingerprint density at radius 2 is 1.89 bits per heavy atom. The Balaban J connectivity index is 2.06. The van der Waals surface area contributed by atoms with E-state index in [9.17, 15) is 4.39 Å². The second kappa shape index (κ2) is 4.53. The predicted molar refractivity (Wildman–Crippen MR) is 70.4 cm³/mol. The number of nitrogens with two attached hydrogens (primary N) is 1. The second-order valence-corrected chi connectivity index (χ2v) is 3.97. The molecule has 0 unspecified atom stereocenters. The molecule has 0 spiro atoms. The average Bonchev–Trinajstić information content (AvgIpc) is 2.42. The number of ether oxygens (including phenoxy) is 1. The van der Waals surface area contributed by atoms with E-state index in [1.54, 1.807) is 30.6 Å². The standard InChI is InChI=1S/C14H10FN3O/c15-10-8-9(16)3-4-12(10)19-13-5-7-17-11-2-1-6-18-14(11)13/h1-8H,16H2. The van der Waals surface area contributed by atoms with Gasteiger partial charge in [0.15, 0.2) is 17.3 Å². The number of hydrogen-bond donors (Lipinski definition) is 1. The van der Waals surface area contributed by atoms with Gasteiger partial charge in [-0.05, 0) is 24.3 Å². The lowest BCUT2D eigenvalue weighted by Crippen LogP contribution is -1.93. The number of nitrogen functional groups attached to an aromatic ring is 1. The van der Waals surface area contributed by atoms with E-state index in [1.807, 2.05) is 6.07 Å². The molecule has 0 bridgehead atoms. The van der Waals surface area contributed by atoms with Crippen LogP contribution in [0.3, 0.4) is 0 Å². The molecule has 0 amide bonds. The Kier molecular flexibility index (Phi) is 2.72. The van der Waals surface area contributed by atoms with Gasteiger partial charge in [-0.3, -0.25) is 9.97 Å². The fraction of sp³-hybridized carbons (Fsp3) is 0. The van der Waals surface area contributed by atoms with E-state index in [-0.39, 0.29) is 5.75 Å². The van der Waals surface area contributed by atoms with Crippen molar-refractivity contribution in [1.82, 2.24) is 9.97 Å². The summed E-state index contributed by atoms with van der Waals surface area (Å²) < 4.78 is 19.2. The summed E-state index contributed by atoms with van der Waals surface area (Å²) in [7, 11) is 0. The Bertz CT molecular complexity index is 740. The third-order valence-corrected chi connectivity index (χ3v) is 2.64. The first kappa shape index (κ1) is 11.4. The SMILES string of the molecule is Nc1ccc(Oc2ccnc3cccnc23)c(F)c1. The van der Waals surface area contributed by atoms with Crippen LogP contribution in [-0.2, 0) is 0 Å². The van der Waals surface area contributed by atoms with Crippen LogP contribution in [0.4, 0.5) is 10.1 Å². The molecule has 2 aromatic heterocycles. The first-order valence-corrected chi connectivity index (χ1v) is 5.66. The van der Waals surface area contributed by atoms with Crippen LogP contribution in [0, 0.1) is 5.82 Å². The summed E-state index contributed by atoms with van der Waals surface area (Å²) in [5.74, 6) is 0.0440. The molecule has 3 aromatic rings. The molecule has 0 aliphatic rings. The zero-order chi connectivity index (χ0) is 13.2. The Hall–Kier alpha value is -2.69. The van der Waals surface area contributed by atoms with Crippen molar-refractivity contribution in [3.8, 4) is 11.5 Å². The molecular weight excluding hydrogens is 245 g/mol. The van der Waals surface area contributed by atoms with Crippen molar-refractivity contribution in [2.45, 2.75) is 0 Å². The zero-order valence-electron chi connectivity index (χ0n) is 9.88. The van der Waals surface area contributed by atoms with Crippen LogP contribution in [0.2, 0.25) is 0 Å². The molecule has 0 atom stereocenters. The van der Waals surface area contributed by atoms with Crippen LogP contribution in [0.1, 0.15) is 0 Å². The molecule has 2 heterocycles. The van der Waals surface area contributed by atoms with Gasteiger partial charge in [0.25, 0.3) is 0 Å². The van der Waals surface area contributed by atoms with Gasteiger partial charge in [-0.25, -0.2) is 4.39 Å². The number of aromatic nitrogens is 2. The molecule has 94 valence electrons. The van der Waals surface area contributed by atoms with Crippen molar-refractivity contribution < 1.29 is 9.13 Å². The number of nitrogens with zero attached hydrogens (tertiary/aromatic N) is 2. The van der Waals surface area contributed by atoms with Gasteiger partial charge in [-0.2, -0.15) is 0 Å². The van der Waals surface area contributed by atoms with Gasteiger partial charge in [0.2, 0.25) is 0 Å². The summed E-state index contributed by atoms with van der Waals surface area (Å²) in [6.07, 6.45) is 3.23. The normalized spacial score (nSPS) is 10.6. The summed E-state index contributed by atoms with van der Waals surface area (Å²) in [6.45, 7) is 0. The van der Waals surface area contributed by atoms with Gasteiger partial charge in [-0.15, -0.1) is 0 Å². The average molecular weight is 255 g/mol. The van der Waals surface area contributed by atoms with Gasteiger partial charge in [0.05, 0.1) is 5.52 Å². The van der Waals surface area contributed by atoms with Crippen molar-refractivity contribution in [3.63, 3.8) is 0 Å². The molecule has 0 aliphatic heterocycles. The molecule has 19 heavy (non-hydrogen) atoms. The van der Waals surface area contributed by atoms with E-state index in [0.29, 0.717) is 22.5 Å². The molecular formula is C14H10FN3O. The van der Waals surface area contributed by atoms with Gasteiger partial charge < -0.3 is 10.5 Å². The number of halogens is 1. The smallest absolute Gasteiger partial charge is 0.167 e. The van der Waals surface area contributed by atoms with E-state index in [2.05, 4.69) is 9.97 Å². The molecule has 0 fully saturated rings. The number of pyridine rings is 2. The Morgan fingerprint density at radius 3 is 2.74 bits per heavy atom. The van der Waals surface area contributed by atoms with Crippen molar-refractivity contribution in [3.05, 3.63) is 54.6 Å². The summed E-state index contributed by atoms with van der Waals surface area (Å²) in [5, 5.41) is 0. The maximum atomic E-state index is 13.7. The van der Waals surface area contributed by atoms with E-state index < -0.39 is 5.82 Å². The van der Waals surface area contributed by atoms with Crippen LogP contribution in [0.25, 0.3) is 11.0 Å². The highest BCUT2D eigenvalue weighted by molar-refractivity contribution is 5.80. The third kappa shape index (κ3) is 2.18. The fourth-order valence-corrected chi connectivity index (χ4v) is 1.76. The van der Waals surface area contributed by atoms with Crippen molar-refractivity contribution in [2.75, 3.05) is 5.73 Å². The number of fused-ring (bicyclic) bond motifs is 1. The van der Waals surface area contributed by atoms with Crippen LogP contribution < -0.4 is 10.5 Å². The lowest BCUT2D eigenvalue weighted by molar-refractivity contribution is 0.445.